The third kappa shape index (κ3) is 4.61. The van der Waals surface area contributed by atoms with Crippen molar-refractivity contribution in [2.75, 3.05) is 39.5 Å². The smallest absolute Gasteiger partial charge is 0.0672 e. The lowest BCUT2D eigenvalue weighted by Crippen LogP contribution is -2.57. The predicted molar refractivity (Wildman–Crippen MR) is 65.5 cm³/mol. The summed E-state index contributed by atoms with van der Waals surface area (Å²) in [7, 11) is 0. The average molecular weight is 228 g/mol. The molecule has 0 amide bonds. The van der Waals surface area contributed by atoms with Crippen LogP contribution in [0.1, 0.15) is 19.8 Å². The molecule has 1 aliphatic heterocycles. The summed E-state index contributed by atoms with van der Waals surface area (Å²) in [6.45, 7) is 10.1. The van der Waals surface area contributed by atoms with Crippen molar-refractivity contribution in [1.29, 1.82) is 0 Å². The first-order valence-electron chi connectivity index (χ1n) is 5.93. The maximum atomic E-state index is 5.80. The fourth-order valence-corrected chi connectivity index (χ4v) is 1.86. The minimum absolute atomic E-state index is 0.0369. The average Bonchev–Trinajstić information content (AvgIpc) is 2.29. The van der Waals surface area contributed by atoms with E-state index in [0.717, 1.165) is 31.6 Å². The standard InChI is InChI=1S/C12H24N2O2/c1-11(2)8-15-7-5-14-12(9-13)4-3-6-16-10-12/h14H,1,3-10,13H2,2H3. The van der Waals surface area contributed by atoms with Gasteiger partial charge in [0.1, 0.15) is 0 Å². The first-order chi connectivity index (χ1) is 7.68. The fourth-order valence-electron chi connectivity index (χ4n) is 1.86. The molecule has 1 heterocycles. The number of nitrogens with two attached hydrogens (primary N) is 1. The molecule has 0 radical (unpaired) electrons. The lowest BCUT2D eigenvalue weighted by Gasteiger charge is -2.37. The number of hydrogen-bond donors (Lipinski definition) is 2. The molecule has 16 heavy (non-hydrogen) atoms. The van der Waals surface area contributed by atoms with Gasteiger partial charge in [0.25, 0.3) is 0 Å². The molecule has 0 aromatic carbocycles. The van der Waals surface area contributed by atoms with Crippen LogP contribution in [0.15, 0.2) is 12.2 Å². The summed E-state index contributed by atoms with van der Waals surface area (Å²) in [5, 5.41) is 3.45. The van der Waals surface area contributed by atoms with Gasteiger partial charge in [-0.1, -0.05) is 12.2 Å². The Hall–Kier alpha value is -0.420. The van der Waals surface area contributed by atoms with Crippen molar-refractivity contribution in [3.63, 3.8) is 0 Å². The number of nitrogens with one attached hydrogen (secondary N) is 1. The second kappa shape index (κ2) is 7.01. The first-order valence-corrected chi connectivity index (χ1v) is 5.93. The van der Waals surface area contributed by atoms with E-state index in [9.17, 15) is 0 Å². The Morgan fingerprint density at radius 1 is 1.62 bits per heavy atom. The molecule has 94 valence electrons. The normalized spacial score (nSPS) is 25.6. The largest absolute Gasteiger partial charge is 0.379 e. The minimum Gasteiger partial charge on any atom is -0.379 e. The highest BCUT2D eigenvalue weighted by Gasteiger charge is 2.30. The number of ether oxygens (including phenoxy) is 2. The second-order valence-corrected chi connectivity index (χ2v) is 4.58. The summed E-state index contributed by atoms with van der Waals surface area (Å²) in [5.74, 6) is 0. The Bertz CT molecular complexity index is 213. The van der Waals surface area contributed by atoms with Gasteiger partial charge in [-0.15, -0.1) is 0 Å². The third-order valence-corrected chi connectivity index (χ3v) is 2.81. The summed E-state index contributed by atoms with van der Waals surface area (Å²) < 4.78 is 10.9. The molecule has 0 spiro atoms. The zero-order chi connectivity index (χ0) is 11.9. The van der Waals surface area contributed by atoms with Crippen LogP contribution in [0.25, 0.3) is 0 Å². The molecule has 0 bridgehead atoms. The van der Waals surface area contributed by atoms with E-state index in [1.54, 1.807) is 0 Å². The lowest BCUT2D eigenvalue weighted by molar-refractivity contribution is 0.0203. The Kier molecular flexibility index (Phi) is 5.98. The molecule has 4 heteroatoms. The van der Waals surface area contributed by atoms with E-state index in [4.69, 9.17) is 15.2 Å². The zero-order valence-electron chi connectivity index (χ0n) is 10.3. The Morgan fingerprint density at radius 2 is 2.44 bits per heavy atom. The van der Waals surface area contributed by atoms with Crippen LogP contribution in [0.2, 0.25) is 0 Å². The van der Waals surface area contributed by atoms with Gasteiger partial charge in [0.2, 0.25) is 0 Å². The second-order valence-electron chi connectivity index (χ2n) is 4.58. The van der Waals surface area contributed by atoms with Crippen molar-refractivity contribution in [3.8, 4) is 0 Å². The highest BCUT2D eigenvalue weighted by Crippen LogP contribution is 2.17. The van der Waals surface area contributed by atoms with Crippen LogP contribution in [0.3, 0.4) is 0 Å². The van der Waals surface area contributed by atoms with Crippen LogP contribution < -0.4 is 11.1 Å². The summed E-state index contributed by atoms with van der Waals surface area (Å²) >= 11 is 0. The molecule has 1 aliphatic rings. The maximum Gasteiger partial charge on any atom is 0.0672 e. The molecule has 0 aromatic heterocycles. The van der Waals surface area contributed by atoms with Crippen molar-refractivity contribution < 1.29 is 9.47 Å². The van der Waals surface area contributed by atoms with E-state index < -0.39 is 0 Å². The van der Waals surface area contributed by atoms with Crippen molar-refractivity contribution in [2.24, 2.45) is 5.73 Å². The SMILES string of the molecule is C=C(C)COCCNC1(CN)CCCOC1. The van der Waals surface area contributed by atoms with Crippen LogP contribution in [0.5, 0.6) is 0 Å². The summed E-state index contributed by atoms with van der Waals surface area (Å²) in [6.07, 6.45) is 2.17. The van der Waals surface area contributed by atoms with Gasteiger partial charge < -0.3 is 20.5 Å². The van der Waals surface area contributed by atoms with Gasteiger partial charge in [0.15, 0.2) is 0 Å². The van der Waals surface area contributed by atoms with Gasteiger partial charge >= 0.3 is 0 Å². The fraction of sp³-hybridized carbons (Fsp3) is 0.833. The molecule has 0 aromatic rings. The van der Waals surface area contributed by atoms with Gasteiger partial charge in [-0.3, -0.25) is 0 Å². The van der Waals surface area contributed by atoms with Crippen LogP contribution >= 0.6 is 0 Å². The highest BCUT2D eigenvalue weighted by molar-refractivity contribution is 4.91. The molecule has 1 atom stereocenters. The Balaban J connectivity index is 2.15. The van der Waals surface area contributed by atoms with E-state index in [0.29, 0.717) is 26.4 Å². The molecule has 1 fully saturated rings. The molecular weight excluding hydrogens is 204 g/mol. The molecule has 4 nitrogen and oxygen atoms in total. The Labute approximate surface area is 98.2 Å². The van der Waals surface area contributed by atoms with Crippen molar-refractivity contribution in [3.05, 3.63) is 12.2 Å². The molecule has 0 aliphatic carbocycles. The van der Waals surface area contributed by atoms with E-state index in [-0.39, 0.29) is 5.54 Å². The van der Waals surface area contributed by atoms with E-state index in [1.807, 2.05) is 6.92 Å². The van der Waals surface area contributed by atoms with Crippen molar-refractivity contribution in [1.82, 2.24) is 5.32 Å². The molecule has 1 unspecified atom stereocenters. The Morgan fingerprint density at radius 3 is 3.00 bits per heavy atom. The van der Waals surface area contributed by atoms with Gasteiger partial charge in [-0.25, -0.2) is 0 Å². The van der Waals surface area contributed by atoms with Gasteiger partial charge in [0.05, 0.1) is 25.4 Å². The summed E-state index contributed by atoms with van der Waals surface area (Å²) in [5.41, 5.74) is 6.82. The van der Waals surface area contributed by atoms with Crippen LogP contribution in [-0.2, 0) is 9.47 Å². The van der Waals surface area contributed by atoms with Gasteiger partial charge in [-0.05, 0) is 19.8 Å². The highest BCUT2D eigenvalue weighted by atomic mass is 16.5. The summed E-state index contributed by atoms with van der Waals surface area (Å²) in [4.78, 5) is 0. The van der Waals surface area contributed by atoms with Crippen molar-refractivity contribution >= 4 is 0 Å². The number of hydrogen-bond acceptors (Lipinski definition) is 4. The maximum absolute atomic E-state index is 5.80. The molecule has 1 saturated heterocycles. The van der Waals surface area contributed by atoms with Gasteiger partial charge in [-0.2, -0.15) is 0 Å². The predicted octanol–water partition coefficient (Wildman–Crippen LogP) is 0.677. The summed E-state index contributed by atoms with van der Waals surface area (Å²) in [6, 6.07) is 0. The quantitative estimate of drug-likeness (QED) is 0.497. The lowest BCUT2D eigenvalue weighted by atomic mass is 9.92. The minimum atomic E-state index is -0.0369. The molecular formula is C12H24N2O2. The first kappa shape index (κ1) is 13.6. The third-order valence-electron chi connectivity index (χ3n) is 2.81. The van der Waals surface area contributed by atoms with E-state index >= 15 is 0 Å². The number of rotatable bonds is 7. The topological polar surface area (TPSA) is 56.5 Å². The monoisotopic (exact) mass is 228 g/mol. The van der Waals surface area contributed by atoms with Crippen LogP contribution in [0, 0.1) is 0 Å². The molecule has 3 N–H and O–H groups in total. The van der Waals surface area contributed by atoms with Crippen LogP contribution in [-0.4, -0.2) is 45.1 Å². The van der Waals surface area contributed by atoms with Crippen molar-refractivity contribution in [2.45, 2.75) is 25.3 Å². The van der Waals surface area contributed by atoms with Crippen LogP contribution in [0.4, 0.5) is 0 Å². The molecule has 1 rings (SSSR count). The van der Waals surface area contributed by atoms with E-state index in [2.05, 4.69) is 11.9 Å². The molecule has 0 saturated carbocycles. The van der Waals surface area contributed by atoms with Gasteiger partial charge in [0, 0.05) is 19.7 Å². The van der Waals surface area contributed by atoms with E-state index in [1.165, 1.54) is 0 Å². The zero-order valence-corrected chi connectivity index (χ0v) is 10.3.